The van der Waals surface area contributed by atoms with Gasteiger partial charge in [0, 0.05) is 18.9 Å². The largest absolute Gasteiger partial charge is 0.493 e. The topological polar surface area (TPSA) is 58.6 Å². The van der Waals surface area contributed by atoms with E-state index in [1.165, 1.54) is 6.92 Å². The molecule has 0 spiro atoms. The van der Waals surface area contributed by atoms with Crippen molar-refractivity contribution in [2.75, 3.05) is 6.61 Å². The second-order valence-electron chi connectivity index (χ2n) is 4.38. The summed E-state index contributed by atoms with van der Waals surface area (Å²) in [6.45, 7) is 3.90. The zero-order valence-electron chi connectivity index (χ0n) is 10.1. The highest BCUT2D eigenvalue weighted by atomic mass is 16.5. The van der Waals surface area contributed by atoms with Crippen molar-refractivity contribution in [2.24, 2.45) is 0 Å². The third kappa shape index (κ3) is 2.42. The van der Waals surface area contributed by atoms with Crippen LogP contribution in [0.5, 0.6) is 5.75 Å². The fourth-order valence-electron chi connectivity index (χ4n) is 2.18. The lowest BCUT2D eigenvalue weighted by atomic mass is 9.98. The Hall–Kier alpha value is -1.55. The average Bonchev–Trinajstić information content (AvgIpc) is 2.41. The Kier molecular flexibility index (Phi) is 3.33. The first-order valence-corrected chi connectivity index (χ1v) is 5.77. The number of nitrogens with one attached hydrogen (secondary N) is 1. The Balaban J connectivity index is 2.33. The highest BCUT2D eigenvalue weighted by molar-refractivity contribution is 5.73. The number of aliphatic hydroxyl groups excluding tert-OH is 1. The zero-order chi connectivity index (χ0) is 12.4. The minimum atomic E-state index is -0.712. The molecule has 1 aliphatic heterocycles. The monoisotopic (exact) mass is 235 g/mol. The molecule has 1 aromatic carbocycles. The quantitative estimate of drug-likeness (QED) is 0.771. The number of rotatable bonds is 1. The fourth-order valence-corrected chi connectivity index (χ4v) is 2.18. The Morgan fingerprint density at radius 1 is 1.53 bits per heavy atom. The Morgan fingerprint density at radius 2 is 2.29 bits per heavy atom. The van der Waals surface area contributed by atoms with E-state index in [4.69, 9.17) is 4.74 Å². The normalized spacial score (nSPS) is 23.2. The maximum Gasteiger partial charge on any atom is 0.217 e. The van der Waals surface area contributed by atoms with Gasteiger partial charge >= 0.3 is 0 Å². The first-order valence-electron chi connectivity index (χ1n) is 5.77. The lowest BCUT2D eigenvalue weighted by Gasteiger charge is -2.21. The number of para-hydroxylation sites is 1. The summed E-state index contributed by atoms with van der Waals surface area (Å²) < 4.78 is 5.65. The predicted molar refractivity (Wildman–Crippen MR) is 63.9 cm³/mol. The van der Waals surface area contributed by atoms with Crippen LogP contribution in [-0.4, -0.2) is 23.7 Å². The molecule has 2 N–H and O–H groups in total. The number of aliphatic hydroxyl groups is 1. The van der Waals surface area contributed by atoms with E-state index < -0.39 is 6.10 Å². The SMILES string of the molecule is CC(=O)NC1CCOc2c(C)cccc2C1O. The molecule has 17 heavy (non-hydrogen) atoms. The van der Waals surface area contributed by atoms with Crippen LogP contribution < -0.4 is 10.1 Å². The maximum absolute atomic E-state index is 11.1. The highest BCUT2D eigenvalue weighted by Crippen LogP contribution is 2.33. The highest BCUT2D eigenvalue weighted by Gasteiger charge is 2.28. The minimum absolute atomic E-state index is 0.134. The second kappa shape index (κ2) is 4.75. The molecule has 0 saturated carbocycles. The molecule has 0 radical (unpaired) electrons. The molecule has 4 heteroatoms. The summed E-state index contributed by atoms with van der Waals surface area (Å²) in [6, 6.07) is 5.39. The molecule has 0 fully saturated rings. The molecule has 4 nitrogen and oxygen atoms in total. The number of hydrogen-bond donors (Lipinski definition) is 2. The molecule has 92 valence electrons. The zero-order valence-corrected chi connectivity index (χ0v) is 10.1. The van der Waals surface area contributed by atoms with Gasteiger partial charge in [-0.1, -0.05) is 18.2 Å². The van der Waals surface area contributed by atoms with Crippen molar-refractivity contribution in [2.45, 2.75) is 32.4 Å². The molecule has 1 aliphatic rings. The number of carbonyl (C=O) groups excluding carboxylic acids is 1. The lowest BCUT2D eigenvalue weighted by Crippen LogP contribution is -2.38. The molecule has 2 atom stereocenters. The van der Waals surface area contributed by atoms with Crippen molar-refractivity contribution in [1.29, 1.82) is 0 Å². The van der Waals surface area contributed by atoms with E-state index in [1.807, 2.05) is 25.1 Å². The van der Waals surface area contributed by atoms with Gasteiger partial charge in [0.2, 0.25) is 5.91 Å². The minimum Gasteiger partial charge on any atom is -0.493 e. The number of hydrogen-bond acceptors (Lipinski definition) is 3. The lowest BCUT2D eigenvalue weighted by molar-refractivity contribution is -0.120. The fraction of sp³-hybridized carbons (Fsp3) is 0.462. The van der Waals surface area contributed by atoms with E-state index in [0.717, 1.165) is 16.9 Å². The van der Waals surface area contributed by atoms with Crippen LogP contribution in [0.1, 0.15) is 30.6 Å². The van der Waals surface area contributed by atoms with Gasteiger partial charge in [0.25, 0.3) is 0 Å². The molecule has 2 unspecified atom stereocenters. The molecule has 0 bridgehead atoms. The van der Waals surface area contributed by atoms with Crippen LogP contribution in [-0.2, 0) is 4.79 Å². The molecule has 0 aromatic heterocycles. The van der Waals surface area contributed by atoms with Crippen LogP contribution in [0.4, 0.5) is 0 Å². The first kappa shape index (κ1) is 11.9. The summed E-state index contributed by atoms with van der Waals surface area (Å²) in [7, 11) is 0. The average molecular weight is 235 g/mol. The van der Waals surface area contributed by atoms with Crippen molar-refractivity contribution >= 4 is 5.91 Å². The third-order valence-electron chi connectivity index (χ3n) is 3.01. The van der Waals surface area contributed by atoms with Crippen LogP contribution in [0.15, 0.2) is 18.2 Å². The van der Waals surface area contributed by atoms with Gasteiger partial charge in [-0.15, -0.1) is 0 Å². The van der Waals surface area contributed by atoms with Crippen molar-refractivity contribution < 1.29 is 14.6 Å². The molecular formula is C13H17NO3. The summed E-state index contributed by atoms with van der Waals surface area (Å²) in [6.07, 6.45) is -0.106. The van der Waals surface area contributed by atoms with Crippen LogP contribution in [0.25, 0.3) is 0 Å². The van der Waals surface area contributed by atoms with Gasteiger partial charge in [0.05, 0.1) is 12.6 Å². The van der Waals surface area contributed by atoms with E-state index in [-0.39, 0.29) is 11.9 Å². The van der Waals surface area contributed by atoms with Gasteiger partial charge in [-0.25, -0.2) is 0 Å². The third-order valence-corrected chi connectivity index (χ3v) is 3.01. The van der Waals surface area contributed by atoms with Gasteiger partial charge in [-0.3, -0.25) is 4.79 Å². The van der Waals surface area contributed by atoms with Gasteiger partial charge in [0.15, 0.2) is 0 Å². The van der Waals surface area contributed by atoms with Crippen LogP contribution in [0.2, 0.25) is 0 Å². The summed E-state index contributed by atoms with van der Waals surface area (Å²) in [4.78, 5) is 11.1. The molecule has 1 aromatic rings. The predicted octanol–water partition coefficient (Wildman–Crippen LogP) is 1.32. The number of carbonyl (C=O) groups is 1. The Bertz CT molecular complexity index is 431. The number of aryl methyl sites for hydroxylation is 1. The van der Waals surface area contributed by atoms with Crippen LogP contribution >= 0.6 is 0 Å². The smallest absolute Gasteiger partial charge is 0.217 e. The molecule has 1 heterocycles. The van der Waals surface area contributed by atoms with Crippen molar-refractivity contribution in [3.05, 3.63) is 29.3 Å². The first-order chi connectivity index (χ1) is 8.09. The van der Waals surface area contributed by atoms with Gasteiger partial charge in [0.1, 0.15) is 11.9 Å². The van der Waals surface area contributed by atoms with E-state index in [2.05, 4.69) is 5.32 Å². The Labute approximate surface area is 101 Å². The van der Waals surface area contributed by atoms with Crippen molar-refractivity contribution in [1.82, 2.24) is 5.32 Å². The molecule has 0 aliphatic carbocycles. The molecular weight excluding hydrogens is 218 g/mol. The van der Waals surface area contributed by atoms with E-state index in [1.54, 1.807) is 0 Å². The van der Waals surface area contributed by atoms with Gasteiger partial charge in [-0.05, 0) is 12.5 Å². The number of fused-ring (bicyclic) bond motifs is 1. The number of amides is 1. The molecule has 1 amide bonds. The standard InChI is InChI=1S/C13H17NO3/c1-8-4-3-5-10-12(16)11(14-9(2)15)6-7-17-13(8)10/h3-5,11-12,16H,6-7H2,1-2H3,(H,14,15). The maximum atomic E-state index is 11.1. The number of benzene rings is 1. The summed E-state index contributed by atoms with van der Waals surface area (Å²) >= 11 is 0. The van der Waals surface area contributed by atoms with Crippen LogP contribution in [0.3, 0.4) is 0 Å². The van der Waals surface area contributed by atoms with E-state index in [0.29, 0.717) is 13.0 Å². The van der Waals surface area contributed by atoms with Crippen LogP contribution in [0, 0.1) is 6.92 Å². The summed E-state index contributed by atoms with van der Waals surface area (Å²) in [5.41, 5.74) is 1.76. The second-order valence-corrected chi connectivity index (χ2v) is 4.38. The van der Waals surface area contributed by atoms with E-state index >= 15 is 0 Å². The molecule has 2 rings (SSSR count). The summed E-state index contributed by atoms with van der Waals surface area (Å²) in [5.74, 6) is 0.609. The number of ether oxygens (including phenoxy) is 1. The van der Waals surface area contributed by atoms with Crippen molar-refractivity contribution in [3.63, 3.8) is 0 Å². The Morgan fingerprint density at radius 3 is 3.00 bits per heavy atom. The van der Waals surface area contributed by atoms with Gasteiger partial charge in [-0.2, -0.15) is 0 Å². The van der Waals surface area contributed by atoms with Gasteiger partial charge < -0.3 is 15.2 Å². The van der Waals surface area contributed by atoms with Crippen molar-refractivity contribution in [3.8, 4) is 5.75 Å². The molecule has 0 saturated heterocycles. The summed E-state index contributed by atoms with van der Waals surface area (Å²) in [5, 5.41) is 13.0. The van der Waals surface area contributed by atoms with E-state index in [9.17, 15) is 9.90 Å².